The number of rotatable bonds is 2. The number of carbonyl (C=O) groups is 1. The van der Waals surface area contributed by atoms with Gasteiger partial charge >= 0.3 is 0 Å². The van der Waals surface area contributed by atoms with E-state index in [2.05, 4.69) is 5.32 Å². The summed E-state index contributed by atoms with van der Waals surface area (Å²) in [4.78, 5) is 12.0. The lowest BCUT2D eigenvalue weighted by Gasteiger charge is -2.12. The van der Waals surface area contributed by atoms with Crippen molar-refractivity contribution in [3.63, 3.8) is 0 Å². The van der Waals surface area contributed by atoms with Gasteiger partial charge in [0.15, 0.2) is 9.84 Å². The van der Waals surface area contributed by atoms with E-state index in [1.165, 1.54) is 0 Å². The van der Waals surface area contributed by atoms with Crippen molar-refractivity contribution in [2.45, 2.75) is 12.5 Å². The Balaban J connectivity index is 2.14. The van der Waals surface area contributed by atoms with E-state index in [0.717, 1.165) is 0 Å². The summed E-state index contributed by atoms with van der Waals surface area (Å²) in [5.41, 5.74) is 0.185. The smallest absolute Gasteiger partial charge is 0.254 e. The second kappa shape index (κ2) is 5.07. The summed E-state index contributed by atoms with van der Waals surface area (Å²) in [5, 5.41) is 3.15. The third-order valence-corrected chi connectivity index (χ3v) is 5.16. The molecule has 1 N–H and O–H groups in total. The largest absolute Gasteiger partial charge is 0.348 e. The van der Waals surface area contributed by atoms with Crippen LogP contribution in [0.2, 0.25) is 10.0 Å². The molecule has 1 fully saturated rings. The van der Waals surface area contributed by atoms with Crippen molar-refractivity contribution in [3.8, 4) is 0 Å². The zero-order valence-corrected chi connectivity index (χ0v) is 11.6. The zero-order chi connectivity index (χ0) is 13.3. The molecule has 4 nitrogen and oxygen atoms in total. The van der Waals surface area contributed by atoms with Gasteiger partial charge in [0.25, 0.3) is 5.91 Å². The molecule has 0 aliphatic carbocycles. The Kier molecular flexibility index (Phi) is 3.84. The van der Waals surface area contributed by atoms with E-state index in [0.29, 0.717) is 6.42 Å². The quantitative estimate of drug-likeness (QED) is 0.908. The highest BCUT2D eigenvalue weighted by Crippen LogP contribution is 2.24. The van der Waals surface area contributed by atoms with Gasteiger partial charge < -0.3 is 5.32 Å². The molecule has 0 spiro atoms. The normalized spacial score (nSPS) is 21.8. The van der Waals surface area contributed by atoms with Gasteiger partial charge in [-0.2, -0.15) is 0 Å². The van der Waals surface area contributed by atoms with Crippen molar-refractivity contribution >= 4 is 38.9 Å². The van der Waals surface area contributed by atoms with E-state index in [9.17, 15) is 13.2 Å². The number of benzene rings is 1. The van der Waals surface area contributed by atoms with E-state index >= 15 is 0 Å². The Bertz CT molecular complexity index is 566. The number of hydrogen-bond donors (Lipinski definition) is 1. The first kappa shape index (κ1) is 13.6. The third-order valence-electron chi connectivity index (χ3n) is 2.76. The minimum Gasteiger partial charge on any atom is -0.348 e. The maximum absolute atomic E-state index is 12.0. The lowest BCUT2D eigenvalue weighted by molar-refractivity contribution is 0.0941. The van der Waals surface area contributed by atoms with E-state index in [4.69, 9.17) is 23.2 Å². The molecule has 18 heavy (non-hydrogen) atoms. The molecule has 0 aromatic heterocycles. The average Bonchev–Trinajstić information content (AvgIpc) is 2.57. The highest BCUT2D eigenvalue weighted by molar-refractivity contribution is 7.91. The molecule has 1 amide bonds. The third kappa shape index (κ3) is 2.96. The summed E-state index contributed by atoms with van der Waals surface area (Å²) in [7, 11) is -3.02. The molecule has 0 radical (unpaired) electrons. The minimum atomic E-state index is -3.02. The maximum Gasteiger partial charge on any atom is 0.254 e. The molecule has 1 heterocycles. The van der Waals surface area contributed by atoms with Crippen LogP contribution in [-0.4, -0.2) is 31.9 Å². The molecule has 2 rings (SSSR count). The van der Waals surface area contributed by atoms with Gasteiger partial charge in [0, 0.05) is 6.04 Å². The van der Waals surface area contributed by atoms with Crippen LogP contribution in [0.3, 0.4) is 0 Å². The molecule has 0 saturated carbocycles. The Morgan fingerprint density at radius 1 is 1.28 bits per heavy atom. The van der Waals surface area contributed by atoms with E-state index in [1.807, 2.05) is 0 Å². The molecule has 1 aliphatic heterocycles. The fraction of sp³-hybridized carbons (Fsp3) is 0.364. The van der Waals surface area contributed by atoms with Crippen LogP contribution >= 0.6 is 23.2 Å². The fourth-order valence-electron chi connectivity index (χ4n) is 1.88. The topological polar surface area (TPSA) is 63.2 Å². The molecule has 7 heteroatoms. The van der Waals surface area contributed by atoms with Crippen LogP contribution in [0.25, 0.3) is 0 Å². The van der Waals surface area contributed by atoms with Crippen molar-refractivity contribution in [2.24, 2.45) is 0 Å². The van der Waals surface area contributed by atoms with E-state index in [1.54, 1.807) is 18.2 Å². The van der Waals surface area contributed by atoms with E-state index in [-0.39, 0.29) is 33.2 Å². The van der Waals surface area contributed by atoms with Gasteiger partial charge in [0.2, 0.25) is 0 Å². The van der Waals surface area contributed by atoms with Gasteiger partial charge in [-0.05, 0) is 18.6 Å². The lowest BCUT2D eigenvalue weighted by Crippen LogP contribution is -2.35. The monoisotopic (exact) mass is 307 g/mol. The number of halogens is 2. The summed E-state index contributed by atoms with van der Waals surface area (Å²) in [6, 6.07) is 4.40. The lowest BCUT2D eigenvalue weighted by atomic mass is 10.2. The fourth-order valence-corrected chi connectivity index (χ4v) is 4.12. The number of carbonyl (C=O) groups excluding carboxylic acids is 1. The summed E-state index contributed by atoms with van der Waals surface area (Å²) in [6.45, 7) is 0. The van der Waals surface area contributed by atoms with Crippen molar-refractivity contribution in [2.75, 3.05) is 11.5 Å². The Morgan fingerprint density at radius 2 is 1.89 bits per heavy atom. The first-order valence-electron chi connectivity index (χ1n) is 5.34. The van der Waals surface area contributed by atoms with Crippen LogP contribution in [-0.2, 0) is 9.84 Å². The van der Waals surface area contributed by atoms with Gasteiger partial charge in [0.05, 0.1) is 27.1 Å². The molecular weight excluding hydrogens is 297 g/mol. The molecule has 1 aromatic rings. The predicted molar refractivity (Wildman–Crippen MR) is 71.0 cm³/mol. The Hall–Kier alpha value is -0.780. The average molecular weight is 308 g/mol. The van der Waals surface area contributed by atoms with Crippen LogP contribution < -0.4 is 5.32 Å². The van der Waals surface area contributed by atoms with Crippen LogP contribution in [0.5, 0.6) is 0 Å². The molecule has 1 aromatic carbocycles. The number of nitrogens with one attached hydrogen (secondary N) is 1. The number of amides is 1. The minimum absolute atomic E-state index is 0.0270. The summed E-state index contributed by atoms with van der Waals surface area (Å²) in [6.07, 6.45) is 0.427. The molecule has 1 atom stereocenters. The molecule has 1 aliphatic rings. The predicted octanol–water partition coefficient (Wildman–Crippen LogP) is 1.91. The molecule has 98 valence electrons. The van der Waals surface area contributed by atoms with Crippen LogP contribution in [0.15, 0.2) is 18.2 Å². The van der Waals surface area contributed by atoms with Crippen molar-refractivity contribution in [3.05, 3.63) is 33.8 Å². The van der Waals surface area contributed by atoms with Crippen molar-refractivity contribution in [1.29, 1.82) is 0 Å². The van der Waals surface area contributed by atoms with Gasteiger partial charge in [-0.3, -0.25) is 4.79 Å². The van der Waals surface area contributed by atoms with Crippen LogP contribution in [0, 0.1) is 0 Å². The summed E-state index contributed by atoms with van der Waals surface area (Å²) >= 11 is 11.8. The highest BCUT2D eigenvalue weighted by atomic mass is 35.5. The zero-order valence-electron chi connectivity index (χ0n) is 9.32. The highest BCUT2D eigenvalue weighted by Gasteiger charge is 2.29. The molecular formula is C11H11Cl2NO3S. The standard InChI is InChI=1S/C11H11Cl2NO3S/c12-8-2-1-3-9(13)10(8)11(15)14-7-4-5-18(16,17)6-7/h1-3,7H,4-6H2,(H,14,15). The van der Waals surface area contributed by atoms with Crippen LogP contribution in [0.4, 0.5) is 0 Å². The maximum atomic E-state index is 12.0. The van der Waals surface area contributed by atoms with Gasteiger partial charge in [-0.1, -0.05) is 29.3 Å². The second-order valence-electron chi connectivity index (χ2n) is 4.17. The first-order chi connectivity index (χ1) is 8.39. The van der Waals surface area contributed by atoms with Crippen LogP contribution in [0.1, 0.15) is 16.8 Å². The summed E-state index contributed by atoms with van der Waals surface area (Å²) < 4.78 is 22.6. The van der Waals surface area contributed by atoms with E-state index < -0.39 is 15.7 Å². The first-order valence-corrected chi connectivity index (χ1v) is 7.92. The molecule has 1 saturated heterocycles. The Morgan fingerprint density at radius 3 is 2.39 bits per heavy atom. The van der Waals surface area contributed by atoms with Crippen molar-refractivity contribution < 1.29 is 13.2 Å². The SMILES string of the molecule is O=C(NC1CCS(=O)(=O)C1)c1c(Cl)cccc1Cl. The van der Waals surface area contributed by atoms with Gasteiger partial charge in [-0.25, -0.2) is 8.42 Å². The summed E-state index contributed by atoms with van der Waals surface area (Å²) in [5.74, 6) is -0.359. The molecule has 0 bridgehead atoms. The number of hydrogen-bond acceptors (Lipinski definition) is 3. The van der Waals surface area contributed by atoms with Crippen molar-refractivity contribution in [1.82, 2.24) is 5.32 Å². The van der Waals surface area contributed by atoms with Gasteiger partial charge in [0.1, 0.15) is 0 Å². The van der Waals surface area contributed by atoms with Gasteiger partial charge in [-0.15, -0.1) is 0 Å². The second-order valence-corrected chi connectivity index (χ2v) is 7.21. The molecule has 1 unspecified atom stereocenters. The Labute approximate surface area is 115 Å². The number of sulfone groups is 1.